The van der Waals surface area contributed by atoms with E-state index in [1.165, 1.54) is 12.8 Å². The summed E-state index contributed by atoms with van der Waals surface area (Å²) in [5, 5.41) is 3.33. The van der Waals surface area contributed by atoms with E-state index in [1.807, 2.05) is 0 Å². The van der Waals surface area contributed by atoms with E-state index in [2.05, 4.69) is 5.32 Å². The maximum absolute atomic E-state index is 12.3. The highest BCUT2D eigenvalue weighted by atomic mass is 16.5. The molecule has 2 fully saturated rings. The maximum Gasteiger partial charge on any atom is 0.328 e. The van der Waals surface area contributed by atoms with Gasteiger partial charge in [-0.1, -0.05) is 12.8 Å². The van der Waals surface area contributed by atoms with Crippen LogP contribution < -0.4 is 5.32 Å². The number of esters is 1. The Hall–Kier alpha value is -1.10. The Morgan fingerprint density at radius 1 is 1.15 bits per heavy atom. The molecule has 114 valence electrons. The molecule has 5 nitrogen and oxygen atoms in total. The molecule has 0 bridgehead atoms. The van der Waals surface area contributed by atoms with Gasteiger partial charge in [0, 0.05) is 12.6 Å². The molecule has 2 rings (SSSR count). The summed E-state index contributed by atoms with van der Waals surface area (Å²) in [5.41, 5.74) is 0. The first kappa shape index (κ1) is 15.3. The van der Waals surface area contributed by atoms with E-state index in [1.54, 1.807) is 11.8 Å². The second-order valence-electron chi connectivity index (χ2n) is 5.71. The van der Waals surface area contributed by atoms with Gasteiger partial charge < -0.3 is 15.0 Å². The molecular weight excluding hydrogens is 256 g/mol. The number of carbonyl (C=O) groups excluding carboxylic acids is 2. The Kier molecular flexibility index (Phi) is 5.83. The highest BCUT2D eigenvalue weighted by Crippen LogP contribution is 2.20. The fraction of sp³-hybridized carbons (Fsp3) is 0.867. The number of carbonyl (C=O) groups is 2. The lowest BCUT2D eigenvalue weighted by Gasteiger charge is -2.34. The standard InChI is InChI=1S/C15H26N2O3/c1-2-20-15(19)13-9-5-6-10-17(13)14(18)11-16-12-7-3-4-8-12/h12-13,16H,2-11H2,1H3. The summed E-state index contributed by atoms with van der Waals surface area (Å²) in [6.45, 7) is 3.20. The zero-order chi connectivity index (χ0) is 14.4. The van der Waals surface area contributed by atoms with Crippen LogP contribution >= 0.6 is 0 Å². The lowest BCUT2D eigenvalue weighted by Crippen LogP contribution is -2.51. The molecule has 1 aliphatic carbocycles. The van der Waals surface area contributed by atoms with Gasteiger partial charge in [-0.3, -0.25) is 4.79 Å². The number of likely N-dealkylation sites (tertiary alicyclic amines) is 1. The van der Waals surface area contributed by atoms with Crippen molar-refractivity contribution in [3.8, 4) is 0 Å². The molecule has 0 aromatic carbocycles. The summed E-state index contributed by atoms with van der Waals surface area (Å²) in [7, 11) is 0. The fourth-order valence-corrected chi connectivity index (χ4v) is 3.18. The second-order valence-corrected chi connectivity index (χ2v) is 5.71. The van der Waals surface area contributed by atoms with Crippen molar-refractivity contribution >= 4 is 11.9 Å². The average molecular weight is 282 g/mol. The SMILES string of the molecule is CCOC(=O)C1CCCCN1C(=O)CNC1CCCC1. The first-order chi connectivity index (χ1) is 9.72. The van der Waals surface area contributed by atoms with E-state index in [0.717, 1.165) is 32.1 Å². The minimum Gasteiger partial charge on any atom is -0.464 e. The number of nitrogens with one attached hydrogen (secondary N) is 1. The van der Waals surface area contributed by atoms with E-state index in [0.29, 0.717) is 25.7 Å². The monoisotopic (exact) mass is 282 g/mol. The molecule has 0 spiro atoms. The molecule has 1 amide bonds. The molecule has 1 saturated carbocycles. The number of hydrogen-bond donors (Lipinski definition) is 1. The van der Waals surface area contributed by atoms with E-state index in [9.17, 15) is 9.59 Å². The van der Waals surface area contributed by atoms with Crippen LogP contribution in [0.3, 0.4) is 0 Å². The van der Waals surface area contributed by atoms with Crippen LogP contribution in [-0.2, 0) is 14.3 Å². The predicted molar refractivity (Wildman–Crippen MR) is 76.2 cm³/mol. The Morgan fingerprint density at radius 2 is 1.85 bits per heavy atom. The largest absolute Gasteiger partial charge is 0.464 e. The molecule has 1 N–H and O–H groups in total. The lowest BCUT2D eigenvalue weighted by atomic mass is 10.0. The number of piperidine rings is 1. The number of amides is 1. The number of rotatable bonds is 5. The molecule has 0 radical (unpaired) electrons. The van der Waals surface area contributed by atoms with Gasteiger partial charge in [-0.15, -0.1) is 0 Å². The zero-order valence-corrected chi connectivity index (χ0v) is 12.4. The Bertz CT molecular complexity index is 340. The third-order valence-electron chi connectivity index (χ3n) is 4.28. The number of ether oxygens (including phenoxy) is 1. The molecular formula is C15H26N2O3. The van der Waals surface area contributed by atoms with Gasteiger partial charge in [0.15, 0.2) is 0 Å². The van der Waals surface area contributed by atoms with Crippen molar-refractivity contribution < 1.29 is 14.3 Å². The third kappa shape index (κ3) is 3.95. The minimum absolute atomic E-state index is 0.0367. The quantitative estimate of drug-likeness (QED) is 0.776. The lowest BCUT2D eigenvalue weighted by molar-refractivity contribution is -0.156. The average Bonchev–Trinajstić information content (AvgIpc) is 2.98. The minimum atomic E-state index is -0.374. The first-order valence-corrected chi connectivity index (χ1v) is 7.92. The summed E-state index contributed by atoms with van der Waals surface area (Å²) < 4.78 is 5.09. The Balaban J connectivity index is 1.85. The van der Waals surface area contributed by atoms with Gasteiger partial charge in [0.05, 0.1) is 13.2 Å². The van der Waals surface area contributed by atoms with Crippen LogP contribution in [0.2, 0.25) is 0 Å². The zero-order valence-electron chi connectivity index (χ0n) is 12.4. The van der Waals surface area contributed by atoms with Crippen molar-refractivity contribution in [2.45, 2.75) is 64.0 Å². The third-order valence-corrected chi connectivity index (χ3v) is 4.28. The Labute approximate surface area is 121 Å². The second kappa shape index (κ2) is 7.62. The summed E-state index contributed by atoms with van der Waals surface area (Å²) in [6, 6.07) is 0.103. The van der Waals surface area contributed by atoms with E-state index >= 15 is 0 Å². The normalized spacial score (nSPS) is 23.9. The number of hydrogen-bond acceptors (Lipinski definition) is 4. The molecule has 20 heavy (non-hydrogen) atoms. The van der Waals surface area contributed by atoms with E-state index in [4.69, 9.17) is 4.74 Å². The molecule has 2 aliphatic rings. The molecule has 1 unspecified atom stereocenters. The molecule has 0 aromatic heterocycles. The summed E-state index contributed by atoms with van der Waals surface area (Å²) in [6.07, 6.45) is 7.52. The summed E-state index contributed by atoms with van der Waals surface area (Å²) in [4.78, 5) is 26.0. The van der Waals surface area contributed by atoms with Crippen LogP contribution in [0.5, 0.6) is 0 Å². The van der Waals surface area contributed by atoms with Crippen LogP contribution in [0.1, 0.15) is 51.9 Å². The van der Waals surface area contributed by atoms with Crippen molar-refractivity contribution in [1.82, 2.24) is 10.2 Å². The van der Waals surface area contributed by atoms with Gasteiger partial charge >= 0.3 is 5.97 Å². The molecule has 1 atom stereocenters. The van der Waals surface area contributed by atoms with Crippen LogP contribution in [0.15, 0.2) is 0 Å². The van der Waals surface area contributed by atoms with Crippen LogP contribution in [-0.4, -0.2) is 48.6 Å². The number of nitrogens with zero attached hydrogens (tertiary/aromatic N) is 1. The molecule has 1 aliphatic heterocycles. The fourth-order valence-electron chi connectivity index (χ4n) is 3.18. The van der Waals surface area contributed by atoms with Gasteiger partial charge in [-0.05, 0) is 39.0 Å². The van der Waals surface area contributed by atoms with Gasteiger partial charge in [-0.25, -0.2) is 4.79 Å². The maximum atomic E-state index is 12.3. The summed E-state index contributed by atoms with van der Waals surface area (Å²) in [5.74, 6) is -0.212. The van der Waals surface area contributed by atoms with Crippen molar-refractivity contribution in [2.75, 3.05) is 19.7 Å². The van der Waals surface area contributed by atoms with Gasteiger partial charge in [0.2, 0.25) is 5.91 Å². The highest BCUT2D eigenvalue weighted by Gasteiger charge is 2.33. The topological polar surface area (TPSA) is 58.6 Å². The molecule has 5 heteroatoms. The van der Waals surface area contributed by atoms with Crippen molar-refractivity contribution in [3.05, 3.63) is 0 Å². The van der Waals surface area contributed by atoms with E-state index in [-0.39, 0.29) is 17.9 Å². The highest BCUT2D eigenvalue weighted by molar-refractivity contribution is 5.85. The van der Waals surface area contributed by atoms with Crippen molar-refractivity contribution in [3.63, 3.8) is 0 Å². The van der Waals surface area contributed by atoms with Crippen LogP contribution in [0, 0.1) is 0 Å². The summed E-state index contributed by atoms with van der Waals surface area (Å²) >= 11 is 0. The van der Waals surface area contributed by atoms with Gasteiger partial charge in [0.25, 0.3) is 0 Å². The van der Waals surface area contributed by atoms with Gasteiger partial charge in [0.1, 0.15) is 6.04 Å². The van der Waals surface area contributed by atoms with Crippen LogP contribution in [0.4, 0.5) is 0 Å². The molecule has 1 heterocycles. The Morgan fingerprint density at radius 3 is 2.55 bits per heavy atom. The van der Waals surface area contributed by atoms with E-state index < -0.39 is 0 Å². The van der Waals surface area contributed by atoms with Gasteiger partial charge in [-0.2, -0.15) is 0 Å². The van der Waals surface area contributed by atoms with Crippen molar-refractivity contribution in [2.24, 2.45) is 0 Å². The van der Waals surface area contributed by atoms with Crippen LogP contribution in [0.25, 0.3) is 0 Å². The smallest absolute Gasteiger partial charge is 0.328 e. The molecule has 1 saturated heterocycles. The predicted octanol–water partition coefficient (Wildman–Crippen LogP) is 1.46. The van der Waals surface area contributed by atoms with Crippen molar-refractivity contribution in [1.29, 1.82) is 0 Å². The molecule has 0 aromatic rings. The first-order valence-electron chi connectivity index (χ1n) is 7.92.